The summed E-state index contributed by atoms with van der Waals surface area (Å²) in [6.45, 7) is 1.31. The van der Waals surface area contributed by atoms with Gasteiger partial charge in [0.15, 0.2) is 11.5 Å². The lowest BCUT2D eigenvalue weighted by molar-refractivity contribution is 0.187. The van der Waals surface area contributed by atoms with Crippen LogP contribution in [0.3, 0.4) is 0 Å². The van der Waals surface area contributed by atoms with Crippen LogP contribution in [0.2, 0.25) is 0 Å². The number of hydrogen-bond donors (Lipinski definition) is 1. The van der Waals surface area contributed by atoms with Crippen LogP contribution in [0.5, 0.6) is 0 Å². The average Bonchev–Trinajstić information content (AvgIpc) is 3.44. The first-order valence-corrected chi connectivity index (χ1v) is 9.64. The molecule has 4 aromatic rings. The van der Waals surface area contributed by atoms with Gasteiger partial charge in [0, 0.05) is 18.8 Å². The number of carbonyl (C=O) groups excluding carboxylic acids is 1. The Morgan fingerprint density at radius 1 is 1.07 bits per heavy atom. The normalized spacial score (nSPS) is 16.8. The van der Waals surface area contributed by atoms with Crippen LogP contribution in [0.25, 0.3) is 16.8 Å². The predicted molar refractivity (Wildman–Crippen MR) is 108 cm³/mol. The van der Waals surface area contributed by atoms with E-state index in [-0.39, 0.29) is 11.9 Å². The van der Waals surface area contributed by atoms with Crippen LogP contribution in [-0.2, 0) is 0 Å². The largest absolute Gasteiger partial charge is 0.440 e. The molecule has 0 saturated carbocycles. The summed E-state index contributed by atoms with van der Waals surface area (Å²) < 4.78 is 5.92. The molecule has 1 aliphatic rings. The van der Waals surface area contributed by atoms with E-state index in [1.54, 1.807) is 12.4 Å². The van der Waals surface area contributed by atoms with Crippen LogP contribution in [0.1, 0.15) is 24.7 Å². The highest BCUT2D eigenvalue weighted by Gasteiger charge is 2.28. The summed E-state index contributed by atoms with van der Waals surface area (Å²) in [7, 11) is 0. The highest BCUT2D eigenvalue weighted by atomic mass is 16.3. The second kappa shape index (κ2) is 7.38. The van der Waals surface area contributed by atoms with E-state index in [2.05, 4.69) is 20.5 Å². The first-order chi connectivity index (χ1) is 14.3. The van der Waals surface area contributed by atoms with Gasteiger partial charge in [-0.3, -0.25) is 0 Å². The minimum Gasteiger partial charge on any atom is -0.440 e. The molecule has 1 N–H and O–H groups in total. The lowest BCUT2D eigenvalue weighted by Gasteiger charge is -2.31. The fraction of sp³-hybridized carbons (Fsp3) is 0.238. The Bertz CT molecular complexity index is 1090. The summed E-state index contributed by atoms with van der Waals surface area (Å²) in [4.78, 5) is 20.7. The molecule has 2 aromatic carbocycles. The molecule has 1 unspecified atom stereocenters. The average molecular weight is 388 g/mol. The highest BCUT2D eigenvalue weighted by molar-refractivity contribution is 5.89. The number of fused-ring (bicyclic) bond motifs is 1. The molecule has 146 valence electrons. The van der Waals surface area contributed by atoms with Crippen molar-refractivity contribution in [2.45, 2.75) is 18.8 Å². The van der Waals surface area contributed by atoms with Crippen LogP contribution < -0.4 is 5.32 Å². The van der Waals surface area contributed by atoms with Crippen molar-refractivity contribution in [2.75, 3.05) is 18.4 Å². The van der Waals surface area contributed by atoms with Crippen LogP contribution in [0, 0.1) is 0 Å². The Morgan fingerprint density at radius 2 is 1.86 bits per heavy atom. The molecule has 8 heteroatoms. The molecule has 0 aliphatic carbocycles. The van der Waals surface area contributed by atoms with Crippen LogP contribution in [0.4, 0.5) is 10.5 Å². The third-order valence-corrected chi connectivity index (χ3v) is 5.14. The Balaban J connectivity index is 1.26. The standard InChI is InChI=1S/C21H20N6O2/c28-21(24-16-7-9-17(10-8-16)27-22-11-12-23-27)26-13-3-4-15(14-26)20-25-18-5-1-2-6-19(18)29-20/h1-2,5-12,15H,3-4,13-14H2,(H,24,28). The molecule has 29 heavy (non-hydrogen) atoms. The first kappa shape index (κ1) is 17.4. The summed E-state index contributed by atoms with van der Waals surface area (Å²) >= 11 is 0. The number of oxazole rings is 1. The number of piperidine rings is 1. The van der Waals surface area contributed by atoms with Crippen molar-refractivity contribution >= 4 is 22.8 Å². The van der Waals surface area contributed by atoms with Gasteiger partial charge in [-0.05, 0) is 49.2 Å². The maximum absolute atomic E-state index is 12.8. The van der Waals surface area contributed by atoms with Gasteiger partial charge in [-0.1, -0.05) is 12.1 Å². The zero-order valence-electron chi connectivity index (χ0n) is 15.7. The van der Waals surface area contributed by atoms with E-state index in [0.29, 0.717) is 12.4 Å². The molecule has 0 bridgehead atoms. The van der Waals surface area contributed by atoms with Crippen molar-refractivity contribution in [2.24, 2.45) is 0 Å². The Labute approximate surface area is 167 Å². The molecule has 2 amide bonds. The van der Waals surface area contributed by atoms with Crippen molar-refractivity contribution in [1.29, 1.82) is 0 Å². The number of nitrogens with zero attached hydrogens (tertiary/aromatic N) is 5. The Hall–Kier alpha value is -3.68. The van der Waals surface area contributed by atoms with E-state index in [4.69, 9.17) is 4.42 Å². The number of rotatable bonds is 3. The van der Waals surface area contributed by atoms with E-state index >= 15 is 0 Å². The second-order valence-corrected chi connectivity index (χ2v) is 7.10. The van der Waals surface area contributed by atoms with Gasteiger partial charge in [-0.15, -0.1) is 0 Å². The number of nitrogens with one attached hydrogen (secondary N) is 1. The van der Waals surface area contributed by atoms with Gasteiger partial charge >= 0.3 is 6.03 Å². The molecular weight excluding hydrogens is 368 g/mol. The van der Waals surface area contributed by atoms with Crippen LogP contribution in [-0.4, -0.2) is 44.0 Å². The number of aromatic nitrogens is 4. The quantitative estimate of drug-likeness (QED) is 0.576. The number of benzene rings is 2. The molecule has 8 nitrogen and oxygen atoms in total. The van der Waals surface area contributed by atoms with Gasteiger partial charge in [0.2, 0.25) is 0 Å². The van der Waals surface area contributed by atoms with Gasteiger partial charge in [-0.25, -0.2) is 9.78 Å². The zero-order chi connectivity index (χ0) is 19.6. The lowest BCUT2D eigenvalue weighted by Crippen LogP contribution is -2.41. The van der Waals surface area contributed by atoms with E-state index in [0.717, 1.165) is 41.9 Å². The Morgan fingerprint density at radius 3 is 2.66 bits per heavy atom. The fourth-order valence-electron chi connectivity index (χ4n) is 3.66. The van der Waals surface area contributed by atoms with Crippen LogP contribution >= 0.6 is 0 Å². The van der Waals surface area contributed by atoms with Gasteiger partial charge in [0.1, 0.15) is 5.52 Å². The number of amides is 2. The number of carbonyl (C=O) groups is 1. The van der Waals surface area contributed by atoms with Crippen molar-refractivity contribution in [3.8, 4) is 5.69 Å². The molecule has 5 rings (SSSR count). The van der Waals surface area contributed by atoms with Gasteiger partial charge in [0.05, 0.1) is 24.0 Å². The number of hydrogen-bond acceptors (Lipinski definition) is 5. The number of likely N-dealkylation sites (tertiary alicyclic amines) is 1. The third kappa shape index (κ3) is 3.56. The van der Waals surface area contributed by atoms with E-state index in [1.807, 2.05) is 53.4 Å². The first-order valence-electron chi connectivity index (χ1n) is 9.64. The van der Waals surface area contributed by atoms with E-state index < -0.39 is 0 Å². The summed E-state index contributed by atoms with van der Waals surface area (Å²) in [6, 6.07) is 15.1. The molecule has 0 radical (unpaired) electrons. The summed E-state index contributed by atoms with van der Waals surface area (Å²) in [5.41, 5.74) is 3.21. The maximum atomic E-state index is 12.8. The minimum absolute atomic E-state index is 0.107. The van der Waals surface area contributed by atoms with Crippen LogP contribution in [0.15, 0.2) is 65.3 Å². The van der Waals surface area contributed by atoms with Gasteiger partial charge in [-0.2, -0.15) is 15.0 Å². The second-order valence-electron chi connectivity index (χ2n) is 7.10. The molecule has 1 saturated heterocycles. The lowest BCUT2D eigenvalue weighted by atomic mass is 9.98. The minimum atomic E-state index is -0.115. The fourth-order valence-corrected chi connectivity index (χ4v) is 3.66. The van der Waals surface area contributed by atoms with E-state index in [9.17, 15) is 4.79 Å². The summed E-state index contributed by atoms with van der Waals surface area (Å²) in [6.07, 6.45) is 5.13. The molecule has 1 atom stereocenters. The molecular formula is C21H20N6O2. The van der Waals surface area contributed by atoms with E-state index in [1.165, 1.54) is 4.80 Å². The maximum Gasteiger partial charge on any atom is 0.321 e. The van der Waals surface area contributed by atoms with Crippen molar-refractivity contribution in [3.05, 3.63) is 66.8 Å². The predicted octanol–water partition coefficient (Wildman–Crippen LogP) is 3.82. The molecule has 0 spiro atoms. The number of anilines is 1. The third-order valence-electron chi connectivity index (χ3n) is 5.14. The smallest absolute Gasteiger partial charge is 0.321 e. The van der Waals surface area contributed by atoms with Crippen molar-refractivity contribution in [3.63, 3.8) is 0 Å². The summed E-state index contributed by atoms with van der Waals surface area (Å²) in [5.74, 6) is 0.815. The van der Waals surface area contributed by atoms with Crippen molar-refractivity contribution in [1.82, 2.24) is 24.9 Å². The highest BCUT2D eigenvalue weighted by Crippen LogP contribution is 2.29. The molecule has 3 heterocycles. The Kier molecular flexibility index (Phi) is 4.44. The summed E-state index contributed by atoms with van der Waals surface area (Å²) in [5, 5.41) is 11.2. The van der Waals surface area contributed by atoms with Crippen molar-refractivity contribution < 1.29 is 9.21 Å². The van der Waals surface area contributed by atoms with Gasteiger partial charge < -0.3 is 14.6 Å². The topological polar surface area (TPSA) is 89.1 Å². The molecule has 1 fully saturated rings. The van der Waals surface area contributed by atoms with Gasteiger partial charge in [0.25, 0.3) is 0 Å². The SMILES string of the molecule is O=C(Nc1ccc(-n2nccn2)cc1)N1CCCC(c2nc3ccccc3o2)C1. The number of para-hydroxylation sites is 2. The monoisotopic (exact) mass is 388 g/mol. The zero-order valence-corrected chi connectivity index (χ0v) is 15.7. The molecule has 2 aromatic heterocycles. The molecule has 1 aliphatic heterocycles. The number of urea groups is 1.